The third kappa shape index (κ3) is 4.11. The molecule has 0 bridgehead atoms. The summed E-state index contributed by atoms with van der Waals surface area (Å²) in [5, 5.41) is 40.5. The summed E-state index contributed by atoms with van der Waals surface area (Å²) in [6, 6.07) is 44.3. The summed E-state index contributed by atoms with van der Waals surface area (Å²) in [4.78, 5) is 0. The van der Waals surface area contributed by atoms with Gasteiger partial charge in [-0.25, -0.2) is 0 Å². The Labute approximate surface area is 313 Å². The van der Waals surface area contributed by atoms with Crippen LogP contribution in [0, 0.1) is 0 Å². The highest BCUT2D eigenvalue weighted by Gasteiger charge is 2.30. The van der Waals surface area contributed by atoms with Gasteiger partial charge < -0.3 is 10.2 Å². The minimum Gasteiger partial charge on any atom is -0.507 e. The first kappa shape index (κ1) is 30.4. The van der Waals surface area contributed by atoms with E-state index >= 15 is 0 Å². The van der Waals surface area contributed by atoms with Crippen molar-refractivity contribution >= 4 is 64.6 Å². The molecule has 0 heterocycles. The van der Waals surface area contributed by atoms with Gasteiger partial charge in [-0.05, 0) is 162 Å². The molecule has 0 saturated carbocycles. The monoisotopic (exact) mass is 694 g/mol. The van der Waals surface area contributed by atoms with E-state index in [-0.39, 0.29) is 0 Å². The van der Waals surface area contributed by atoms with Gasteiger partial charge in [-0.1, -0.05) is 109 Å². The third-order valence-corrected chi connectivity index (χ3v) is 13.1. The fraction of sp³-hybridized carbons (Fsp3) is 0.154. The second kappa shape index (κ2) is 11.2. The lowest BCUT2D eigenvalue weighted by atomic mass is 9.76. The van der Waals surface area contributed by atoms with Crippen LogP contribution in [0.5, 0.6) is 11.5 Å². The van der Waals surface area contributed by atoms with E-state index in [9.17, 15) is 10.2 Å². The van der Waals surface area contributed by atoms with Crippen molar-refractivity contribution in [1.29, 1.82) is 0 Å². The van der Waals surface area contributed by atoms with Gasteiger partial charge in [0.05, 0.1) is 0 Å². The molecule has 0 radical (unpaired) electrons. The molecule has 0 fully saturated rings. The van der Waals surface area contributed by atoms with Gasteiger partial charge in [0.1, 0.15) is 11.5 Å². The van der Waals surface area contributed by atoms with Crippen molar-refractivity contribution in [2.75, 3.05) is 0 Å². The quantitative estimate of drug-likeness (QED) is 0.181. The zero-order valence-corrected chi connectivity index (χ0v) is 30.1. The van der Waals surface area contributed by atoms with Gasteiger partial charge in [0, 0.05) is 22.3 Å². The zero-order chi connectivity index (χ0) is 35.7. The summed E-state index contributed by atoms with van der Waals surface area (Å²) in [5.74, 6) is 0.586. The minimum absolute atomic E-state index is 0.293. The van der Waals surface area contributed by atoms with Crippen molar-refractivity contribution in [2.45, 2.75) is 51.4 Å². The van der Waals surface area contributed by atoms with Crippen LogP contribution in [0.1, 0.15) is 47.9 Å². The molecule has 2 nitrogen and oxygen atoms in total. The summed E-state index contributed by atoms with van der Waals surface area (Å²) in [7, 11) is 0. The normalized spacial score (nSPS) is 14.6. The van der Waals surface area contributed by atoms with E-state index < -0.39 is 0 Å². The zero-order valence-electron chi connectivity index (χ0n) is 30.1. The molecule has 0 unspecified atom stereocenters. The average molecular weight is 695 g/mol. The first-order valence-corrected chi connectivity index (χ1v) is 19.7. The van der Waals surface area contributed by atoms with Crippen LogP contribution in [-0.2, 0) is 25.7 Å². The predicted molar refractivity (Wildman–Crippen MR) is 227 cm³/mol. The van der Waals surface area contributed by atoms with Crippen LogP contribution in [0.15, 0.2) is 121 Å². The molecule has 2 aliphatic rings. The summed E-state index contributed by atoms with van der Waals surface area (Å²) >= 11 is 0. The van der Waals surface area contributed by atoms with Gasteiger partial charge >= 0.3 is 0 Å². The Morgan fingerprint density at radius 1 is 0.333 bits per heavy atom. The van der Waals surface area contributed by atoms with E-state index in [1.54, 1.807) is 0 Å². The lowest BCUT2D eigenvalue weighted by Gasteiger charge is -2.29. The molecule has 10 aromatic rings. The lowest BCUT2D eigenvalue weighted by molar-refractivity contribution is 0.468. The molecule has 0 atom stereocenters. The number of benzene rings is 10. The van der Waals surface area contributed by atoms with Gasteiger partial charge in [-0.3, -0.25) is 0 Å². The fourth-order valence-electron chi connectivity index (χ4n) is 10.7. The van der Waals surface area contributed by atoms with Crippen molar-refractivity contribution < 1.29 is 10.2 Å². The average Bonchev–Trinajstić information content (AvgIpc) is 3.22. The summed E-state index contributed by atoms with van der Waals surface area (Å²) in [6.45, 7) is 0. The number of phenolic OH excluding ortho intramolecular Hbond substituents is 2. The Morgan fingerprint density at radius 3 is 1.11 bits per heavy atom. The van der Waals surface area contributed by atoms with E-state index in [1.165, 1.54) is 76.1 Å². The van der Waals surface area contributed by atoms with Crippen LogP contribution in [0.3, 0.4) is 0 Å². The topological polar surface area (TPSA) is 40.5 Å². The molecule has 12 rings (SSSR count). The smallest absolute Gasteiger partial charge is 0.131 e. The maximum absolute atomic E-state index is 12.9. The van der Waals surface area contributed by atoms with Crippen LogP contribution in [0.25, 0.3) is 98.0 Å². The lowest BCUT2D eigenvalue weighted by Crippen LogP contribution is -2.10. The van der Waals surface area contributed by atoms with E-state index in [2.05, 4.69) is 121 Å². The Bertz CT molecular complexity index is 2940. The van der Waals surface area contributed by atoms with Crippen molar-refractivity contribution in [3.63, 3.8) is 0 Å². The molecule has 2 heteroatoms. The van der Waals surface area contributed by atoms with Crippen LogP contribution in [-0.4, -0.2) is 10.2 Å². The van der Waals surface area contributed by atoms with Crippen molar-refractivity contribution in [2.24, 2.45) is 0 Å². The molecule has 2 aliphatic carbocycles. The summed E-state index contributed by atoms with van der Waals surface area (Å²) in [5.41, 5.74) is 10.5. The molecule has 2 N–H and O–H groups in total. The number of hydrogen-bond acceptors (Lipinski definition) is 2. The first-order chi connectivity index (χ1) is 26.6. The van der Waals surface area contributed by atoms with Gasteiger partial charge in [0.15, 0.2) is 0 Å². The molecular weight excluding hydrogens is 657 g/mol. The molecule has 0 amide bonds. The maximum atomic E-state index is 12.9. The summed E-state index contributed by atoms with van der Waals surface area (Å²) < 4.78 is 0. The van der Waals surface area contributed by atoms with Crippen molar-refractivity contribution in [1.82, 2.24) is 0 Å². The van der Waals surface area contributed by atoms with E-state index in [4.69, 9.17) is 0 Å². The van der Waals surface area contributed by atoms with Gasteiger partial charge in [0.25, 0.3) is 0 Å². The van der Waals surface area contributed by atoms with E-state index in [0.29, 0.717) is 11.5 Å². The number of aromatic hydroxyl groups is 2. The molecular formula is C52H38O2. The minimum atomic E-state index is 0.293. The van der Waals surface area contributed by atoms with Gasteiger partial charge in [-0.2, -0.15) is 0 Å². The Hall–Kier alpha value is -6.12. The highest BCUT2D eigenvalue weighted by molar-refractivity contribution is 6.27. The number of aryl methyl sites for hydroxylation is 2. The predicted octanol–water partition coefficient (Wildman–Crippen LogP) is 13.7. The van der Waals surface area contributed by atoms with Crippen LogP contribution >= 0.6 is 0 Å². The van der Waals surface area contributed by atoms with E-state index in [0.717, 1.165) is 95.5 Å². The molecule has 0 aromatic heterocycles. The number of fused-ring (bicyclic) bond motifs is 2. The van der Waals surface area contributed by atoms with Crippen LogP contribution in [0.2, 0.25) is 0 Å². The second-order valence-corrected chi connectivity index (χ2v) is 15.9. The number of rotatable bonds is 3. The van der Waals surface area contributed by atoms with Gasteiger partial charge in [-0.15, -0.1) is 0 Å². The SMILES string of the molecule is Oc1c(-c2ccc3ccc4cccc5ccc2c3c45)cc2c(c1-c1c(O)c(-c3ccc4ccc5cccc6ccc3c4c56)cc3c1CCCC3)CCCC2. The Morgan fingerprint density at radius 2 is 0.685 bits per heavy atom. The van der Waals surface area contributed by atoms with E-state index in [1.807, 2.05) is 0 Å². The molecule has 0 saturated heterocycles. The van der Waals surface area contributed by atoms with Crippen LogP contribution in [0.4, 0.5) is 0 Å². The highest BCUT2D eigenvalue weighted by Crippen LogP contribution is 2.54. The first-order valence-electron chi connectivity index (χ1n) is 19.7. The molecule has 54 heavy (non-hydrogen) atoms. The largest absolute Gasteiger partial charge is 0.507 e. The van der Waals surface area contributed by atoms with Crippen molar-refractivity contribution in [3.8, 4) is 44.9 Å². The van der Waals surface area contributed by atoms with Crippen LogP contribution < -0.4 is 0 Å². The Balaban J connectivity index is 1.16. The standard InChI is InChI=1S/C52H38O2/c53-51-43(39-23-19-33-17-15-29-9-5-11-31-21-25-41(39)47(33)45(29)31)27-35-7-1-3-13-37(35)49(51)50-38-14-4-2-8-36(38)28-44(52(50)54)40-24-20-34-18-16-30-10-6-12-32-22-26-42(40)48(34)46(30)32/h5-6,9-12,15-28,53-54H,1-4,7-8,13-14H2. The van der Waals surface area contributed by atoms with Gasteiger partial charge in [0.2, 0.25) is 0 Å². The molecule has 258 valence electrons. The maximum Gasteiger partial charge on any atom is 0.131 e. The third-order valence-electron chi connectivity index (χ3n) is 13.1. The second-order valence-electron chi connectivity index (χ2n) is 15.9. The Kier molecular flexibility index (Phi) is 6.29. The molecule has 10 aromatic carbocycles. The number of hydrogen-bond donors (Lipinski definition) is 2. The molecule has 0 spiro atoms. The highest BCUT2D eigenvalue weighted by atomic mass is 16.3. The number of phenols is 2. The fourth-order valence-corrected chi connectivity index (χ4v) is 10.7. The summed E-state index contributed by atoms with van der Waals surface area (Å²) in [6.07, 6.45) is 8.15. The molecule has 0 aliphatic heterocycles. The van der Waals surface area contributed by atoms with Crippen molar-refractivity contribution in [3.05, 3.63) is 144 Å².